The van der Waals surface area contributed by atoms with Crippen molar-refractivity contribution in [2.75, 3.05) is 27.7 Å². The average Bonchev–Trinajstić information content (AvgIpc) is 2.54. The number of nitrogens with zero attached hydrogens (tertiary/aromatic N) is 1. The quantitative estimate of drug-likeness (QED) is 0.645. The monoisotopic (exact) mass is 345 g/mol. The molecule has 1 aliphatic rings. The fourth-order valence-corrected chi connectivity index (χ4v) is 3.93. The predicted molar refractivity (Wildman–Crippen MR) is 98.8 cm³/mol. The zero-order valence-corrected chi connectivity index (χ0v) is 15.2. The molecule has 0 aromatic heterocycles. The van der Waals surface area contributed by atoms with Gasteiger partial charge in [-0.25, -0.2) is 0 Å². The molecule has 0 atom stereocenters. The smallest absolute Gasteiger partial charge is 0.119 e. The van der Waals surface area contributed by atoms with E-state index in [0.29, 0.717) is 0 Å². The van der Waals surface area contributed by atoms with Gasteiger partial charge in [0, 0.05) is 21.4 Å². The number of hydrogen-bond donors (Lipinski definition) is 0. The van der Waals surface area contributed by atoms with Gasteiger partial charge in [-0.2, -0.15) is 0 Å². The van der Waals surface area contributed by atoms with Crippen LogP contribution in [0.4, 0.5) is 0 Å². The van der Waals surface area contributed by atoms with Crippen molar-refractivity contribution in [1.82, 2.24) is 4.90 Å². The molecule has 0 radical (unpaired) electrons. The molecule has 3 rings (SSSR count). The van der Waals surface area contributed by atoms with Gasteiger partial charge in [-0.1, -0.05) is 29.4 Å². The fraction of sp³-hybridized carbons (Fsp3) is 0.263. The van der Waals surface area contributed by atoms with Crippen LogP contribution in [-0.2, 0) is 0 Å². The van der Waals surface area contributed by atoms with Crippen LogP contribution in [0, 0.1) is 0 Å². The summed E-state index contributed by atoms with van der Waals surface area (Å²) in [6.45, 7) is 1.02. The number of benzene rings is 2. The molecule has 0 aliphatic carbocycles. The van der Waals surface area contributed by atoms with Crippen LogP contribution in [0.2, 0.25) is 5.02 Å². The Bertz CT molecular complexity index is 755. The number of rotatable bonds is 4. The highest BCUT2D eigenvalue weighted by Crippen LogP contribution is 2.47. The molecule has 2 aromatic carbocycles. The third-order valence-electron chi connectivity index (χ3n) is 3.85. The van der Waals surface area contributed by atoms with Crippen LogP contribution in [0.5, 0.6) is 5.75 Å². The second-order valence-corrected chi connectivity index (χ2v) is 7.33. The van der Waals surface area contributed by atoms with Gasteiger partial charge in [0.2, 0.25) is 0 Å². The zero-order valence-electron chi connectivity index (χ0n) is 13.6. The highest BCUT2D eigenvalue weighted by Gasteiger charge is 2.21. The Morgan fingerprint density at radius 1 is 1.09 bits per heavy atom. The molecule has 23 heavy (non-hydrogen) atoms. The van der Waals surface area contributed by atoms with E-state index in [1.165, 1.54) is 26.5 Å². The van der Waals surface area contributed by atoms with Crippen molar-refractivity contribution >= 4 is 28.9 Å². The minimum absolute atomic E-state index is 0.772. The van der Waals surface area contributed by atoms with Gasteiger partial charge >= 0.3 is 0 Å². The molecular formula is C19H20ClNOS. The van der Waals surface area contributed by atoms with Crippen molar-refractivity contribution in [1.29, 1.82) is 0 Å². The van der Waals surface area contributed by atoms with Crippen molar-refractivity contribution in [2.24, 2.45) is 0 Å². The minimum Gasteiger partial charge on any atom is -0.497 e. The molecule has 120 valence electrons. The molecule has 2 aromatic rings. The minimum atomic E-state index is 0.772. The van der Waals surface area contributed by atoms with Gasteiger partial charge in [-0.3, -0.25) is 0 Å². The zero-order chi connectivity index (χ0) is 16.4. The van der Waals surface area contributed by atoms with E-state index < -0.39 is 0 Å². The van der Waals surface area contributed by atoms with Crippen LogP contribution in [0.25, 0.3) is 5.57 Å². The number of hydrogen-bond acceptors (Lipinski definition) is 3. The Morgan fingerprint density at radius 2 is 1.78 bits per heavy atom. The third-order valence-corrected chi connectivity index (χ3v) is 5.24. The van der Waals surface area contributed by atoms with Crippen molar-refractivity contribution in [2.45, 2.75) is 16.2 Å². The summed E-state index contributed by atoms with van der Waals surface area (Å²) in [5.41, 5.74) is 3.68. The molecule has 1 heterocycles. The number of ether oxygens (including phenoxy) is 1. The number of halogens is 1. The summed E-state index contributed by atoms with van der Waals surface area (Å²) in [6, 6.07) is 12.4. The van der Waals surface area contributed by atoms with Gasteiger partial charge in [-0.15, -0.1) is 0 Å². The van der Waals surface area contributed by atoms with E-state index in [-0.39, 0.29) is 0 Å². The molecule has 0 spiro atoms. The van der Waals surface area contributed by atoms with Gasteiger partial charge in [0.25, 0.3) is 0 Å². The highest BCUT2D eigenvalue weighted by molar-refractivity contribution is 7.99. The molecule has 0 saturated heterocycles. The van der Waals surface area contributed by atoms with E-state index in [0.717, 1.165) is 23.7 Å². The molecule has 0 saturated carbocycles. The lowest BCUT2D eigenvalue weighted by Crippen LogP contribution is -2.12. The lowest BCUT2D eigenvalue weighted by Gasteiger charge is -2.23. The van der Waals surface area contributed by atoms with Gasteiger partial charge in [0.15, 0.2) is 0 Å². The Morgan fingerprint density at radius 3 is 2.48 bits per heavy atom. The Kier molecular flexibility index (Phi) is 5.00. The molecule has 0 fully saturated rings. The summed E-state index contributed by atoms with van der Waals surface area (Å²) in [7, 11) is 5.89. The standard InChI is InChI=1S/C19H20ClNOS/c1-21(2)10-4-5-15-16-11-13(20)6-8-18(16)23-19-9-7-14(22-3)12-17(15)19/h5-9,11-12H,4,10H2,1-3H3/b15-5-. The van der Waals surface area contributed by atoms with E-state index in [1.54, 1.807) is 18.9 Å². The average molecular weight is 346 g/mol. The lowest BCUT2D eigenvalue weighted by molar-refractivity contribution is 0.414. The summed E-state index contributed by atoms with van der Waals surface area (Å²) < 4.78 is 5.41. The predicted octanol–water partition coefficient (Wildman–Crippen LogP) is 5.20. The van der Waals surface area contributed by atoms with Crippen LogP contribution in [0.3, 0.4) is 0 Å². The van der Waals surface area contributed by atoms with Crippen molar-refractivity contribution < 1.29 is 4.74 Å². The van der Waals surface area contributed by atoms with Crippen molar-refractivity contribution in [3.05, 3.63) is 58.6 Å². The first-order chi connectivity index (χ1) is 11.1. The molecule has 0 amide bonds. The Hall–Kier alpha value is -1.42. The van der Waals surface area contributed by atoms with Crippen LogP contribution in [-0.4, -0.2) is 32.6 Å². The second-order valence-electron chi connectivity index (χ2n) is 5.81. The second kappa shape index (κ2) is 7.00. The van der Waals surface area contributed by atoms with Gasteiger partial charge in [-0.05, 0) is 73.6 Å². The highest BCUT2D eigenvalue weighted by atomic mass is 35.5. The first-order valence-electron chi connectivity index (χ1n) is 7.59. The largest absolute Gasteiger partial charge is 0.497 e. The lowest BCUT2D eigenvalue weighted by atomic mass is 9.95. The Balaban J connectivity index is 2.09. The molecule has 0 bridgehead atoms. The summed E-state index contributed by atoms with van der Waals surface area (Å²) >= 11 is 8.03. The van der Waals surface area contributed by atoms with Crippen LogP contribution < -0.4 is 4.74 Å². The van der Waals surface area contributed by atoms with Crippen molar-refractivity contribution in [3.8, 4) is 5.75 Å². The van der Waals surface area contributed by atoms with Crippen molar-refractivity contribution in [3.63, 3.8) is 0 Å². The molecule has 0 unspecified atom stereocenters. The van der Waals surface area contributed by atoms with Crippen LogP contribution in [0.15, 0.2) is 52.3 Å². The first kappa shape index (κ1) is 16.4. The maximum atomic E-state index is 6.24. The molecular weight excluding hydrogens is 326 g/mol. The summed E-state index contributed by atoms with van der Waals surface area (Å²) in [5.74, 6) is 0.883. The molecule has 2 nitrogen and oxygen atoms in total. The van der Waals surface area contributed by atoms with Crippen LogP contribution in [0.1, 0.15) is 17.5 Å². The third kappa shape index (κ3) is 3.57. The van der Waals surface area contributed by atoms with Gasteiger partial charge in [0.1, 0.15) is 5.75 Å². The maximum Gasteiger partial charge on any atom is 0.119 e. The number of fused-ring (bicyclic) bond motifs is 2. The van der Waals surface area contributed by atoms with E-state index in [9.17, 15) is 0 Å². The topological polar surface area (TPSA) is 12.5 Å². The maximum absolute atomic E-state index is 6.24. The molecule has 1 aliphatic heterocycles. The first-order valence-corrected chi connectivity index (χ1v) is 8.79. The van der Waals surface area contributed by atoms with Gasteiger partial charge < -0.3 is 9.64 Å². The summed E-state index contributed by atoms with van der Waals surface area (Å²) in [6.07, 6.45) is 3.31. The van der Waals surface area contributed by atoms with Gasteiger partial charge in [0.05, 0.1) is 7.11 Å². The van der Waals surface area contributed by atoms with Crippen LogP contribution >= 0.6 is 23.4 Å². The van der Waals surface area contributed by atoms with E-state index >= 15 is 0 Å². The SMILES string of the molecule is COc1ccc2c(c1)/C(=C\CCN(C)C)c1cc(Cl)ccc1S2. The summed E-state index contributed by atoms with van der Waals surface area (Å²) in [4.78, 5) is 4.71. The normalized spacial score (nSPS) is 14.7. The number of methoxy groups -OCH3 is 1. The fourth-order valence-electron chi connectivity index (χ4n) is 2.69. The van der Waals surface area contributed by atoms with E-state index in [2.05, 4.69) is 49.3 Å². The Labute approximate surface area is 147 Å². The molecule has 0 N–H and O–H groups in total. The van der Waals surface area contributed by atoms with E-state index in [4.69, 9.17) is 16.3 Å². The molecule has 4 heteroatoms. The summed E-state index contributed by atoms with van der Waals surface area (Å²) in [5, 5.41) is 0.772. The van der Waals surface area contributed by atoms with E-state index in [1.807, 2.05) is 12.1 Å².